The average Bonchev–Trinajstić information content (AvgIpc) is 2.77. The average molecular weight is 253 g/mol. The highest BCUT2D eigenvalue weighted by molar-refractivity contribution is 5.88. The maximum atomic E-state index is 5.94. The number of rotatable bonds is 2. The van der Waals surface area contributed by atoms with Crippen LogP contribution in [0.4, 0.5) is 11.5 Å². The molecule has 0 fully saturated rings. The Labute approximate surface area is 110 Å². The molecule has 1 aromatic carbocycles. The van der Waals surface area contributed by atoms with E-state index in [9.17, 15) is 0 Å². The first kappa shape index (κ1) is 11.5. The summed E-state index contributed by atoms with van der Waals surface area (Å²) in [7, 11) is 0. The normalized spacial score (nSPS) is 11.0. The molecule has 0 bridgehead atoms. The van der Waals surface area contributed by atoms with Crippen LogP contribution in [-0.2, 0) is 6.42 Å². The lowest BCUT2D eigenvalue weighted by Crippen LogP contribution is -2.04. The van der Waals surface area contributed by atoms with Crippen molar-refractivity contribution >= 4 is 22.4 Å². The number of fused-ring (bicyclic) bond motifs is 1. The number of aryl methyl sites for hydroxylation is 1. The third kappa shape index (κ3) is 1.79. The molecular formula is C14H15N5. The highest BCUT2D eigenvalue weighted by Crippen LogP contribution is 2.25. The maximum absolute atomic E-state index is 5.94. The lowest BCUT2D eigenvalue weighted by Gasteiger charge is -2.08. The van der Waals surface area contributed by atoms with E-state index in [0.717, 1.165) is 23.0 Å². The Morgan fingerprint density at radius 2 is 2.05 bits per heavy atom. The van der Waals surface area contributed by atoms with Crippen molar-refractivity contribution in [2.45, 2.75) is 13.3 Å². The van der Waals surface area contributed by atoms with E-state index < -0.39 is 0 Å². The molecule has 0 aliphatic carbocycles. The van der Waals surface area contributed by atoms with Crippen LogP contribution in [0.15, 0.2) is 36.7 Å². The molecule has 2 aromatic heterocycles. The van der Waals surface area contributed by atoms with E-state index in [-0.39, 0.29) is 0 Å². The van der Waals surface area contributed by atoms with Gasteiger partial charge in [0.1, 0.15) is 0 Å². The Bertz CT molecular complexity index is 745. The van der Waals surface area contributed by atoms with Crippen molar-refractivity contribution in [3.05, 3.63) is 42.2 Å². The van der Waals surface area contributed by atoms with E-state index in [1.165, 1.54) is 5.56 Å². The Morgan fingerprint density at radius 3 is 2.74 bits per heavy atom. The third-order valence-electron chi connectivity index (χ3n) is 3.26. The zero-order valence-corrected chi connectivity index (χ0v) is 10.7. The van der Waals surface area contributed by atoms with Gasteiger partial charge in [-0.1, -0.05) is 19.1 Å². The zero-order valence-electron chi connectivity index (χ0n) is 10.7. The van der Waals surface area contributed by atoms with Crippen LogP contribution in [0.2, 0.25) is 0 Å². The number of anilines is 2. The van der Waals surface area contributed by atoms with Gasteiger partial charge in [0.2, 0.25) is 0 Å². The summed E-state index contributed by atoms with van der Waals surface area (Å²) in [6.45, 7) is 2.12. The Balaban J connectivity index is 2.27. The van der Waals surface area contributed by atoms with Gasteiger partial charge in [-0.05, 0) is 24.1 Å². The van der Waals surface area contributed by atoms with Gasteiger partial charge in [-0.15, -0.1) is 0 Å². The molecule has 0 aliphatic rings. The van der Waals surface area contributed by atoms with Crippen LogP contribution in [0.3, 0.4) is 0 Å². The largest absolute Gasteiger partial charge is 0.394 e. The van der Waals surface area contributed by atoms with Crippen molar-refractivity contribution < 1.29 is 0 Å². The highest BCUT2D eigenvalue weighted by Gasteiger charge is 2.10. The predicted octanol–water partition coefficient (Wildman–Crippen LogP) is 2.15. The Morgan fingerprint density at radius 1 is 1.21 bits per heavy atom. The highest BCUT2D eigenvalue weighted by atomic mass is 15.3. The molecule has 0 saturated carbocycles. The second kappa shape index (κ2) is 4.28. The SMILES string of the molecule is CCc1ccc2c(-n3ncc(N)c3N)ccnc2c1. The fraction of sp³-hybridized carbons (Fsp3) is 0.143. The molecular weight excluding hydrogens is 238 g/mol. The number of nitrogens with two attached hydrogens (primary N) is 2. The van der Waals surface area contributed by atoms with Crippen molar-refractivity contribution in [2.24, 2.45) is 0 Å². The summed E-state index contributed by atoms with van der Waals surface area (Å²) in [4.78, 5) is 4.40. The Hall–Kier alpha value is -2.56. The number of hydrogen-bond donors (Lipinski definition) is 2. The minimum absolute atomic E-state index is 0.451. The van der Waals surface area contributed by atoms with E-state index in [4.69, 9.17) is 11.5 Å². The fourth-order valence-electron chi connectivity index (χ4n) is 2.15. The smallest absolute Gasteiger partial charge is 0.150 e. The van der Waals surface area contributed by atoms with Crippen molar-refractivity contribution in [1.82, 2.24) is 14.8 Å². The predicted molar refractivity (Wildman–Crippen MR) is 77.1 cm³/mol. The van der Waals surface area contributed by atoms with E-state index in [1.807, 2.05) is 12.1 Å². The van der Waals surface area contributed by atoms with Crippen molar-refractivity contribution in [3.8, 4) is 5.69 Å². The van der Waals surface area contributed by atoms with Crippen LogP contribution >= 0.6 is 0 Å². The van der Waals surface area contributed by atoms with Gasteiger partial charge in [-0.3, -0.25) is 4.98 Å². The standard InChI is InChI=1S/C14H15N5/c1-2-9-3-4-10-12(7-9)17-6-5-13(10)19-14(16)11(15)8-18-19/h3-8H,2,15-16H2,1H3. The first-order valence-corrected chi connectivity index (χ1v) is 6.17. The molecule has 0 saturated heterocycles. The quantitative estimate of drug-likeness (QED) is 0.733. The molecule has 0 amide bonds. The van der Waals surface area contributed by atoms with Crippen molar-refractivity contribution in [1.29, 1.82) is 0 Å². The van der Waals surface area contributed by atoms with Gasteiger partial charge in [0, 0.05) is 11.6 Å². The summed E-state index contributed by atoms with van der Waals surface area (Å²) >= 11 is 0. The van der Waals surface area contributed by atoms with E-state index in [2.05, 4.69) is 29.1 Å². The Kier molecular flexibility index (Phi) is 2.59. The van der Waals surface area contributed by atoms with Crippen LogP contribution in [0.5, 0.6) is 0 Å². The molecule has 96 valence electrons. The first-order chi connectivity index (χ1) is 9.20. The van der Waals surface area contributed by atoms with E-state index in [0.29, 0.717) is 11.5 Å². The second-order valence-electron chi connectivity index (χ2n) is 4.43. The summed E-state index contributed by atoms with van der Waals surface area (Å²) < 4.78 is 1.64. The summed E-state index contributed by atoms with van der Waals surface area (Å²) in [6, 6.07) is 8.11. The fourth-order valence-corrected chi connectivity index (χ4v) is 2.15. The molecule has 0 spiro atoms. The second-order valence-corrected chi connectivity index (χ2v) is 4.43. The van der Waals surface area contributed by atoms with E-state index in [1.54, 1.807) is 17.1 Å². The summed E-state index contributed by atoms with van der Waals surface area (Å²) in [6.07, 6.45) is 4.30. The third-order valence-corrected chi connectivity index (χ3v) is 3.26. The number of nitrogen functional groups attached to an aromatic ring is 2. The van der Waals surface area contributed by atoms with Crippen LogP contribution in [-0.4, -0.2) is 14.8 Å². The first-order valence-electron chi connectivity index (χ1n) is 6.17. The molecule has 5 heteroatoms. The van der Waals surface area contributed by atoms with Gasteiger partial charge in [0.05, 0.1) is 23.1 Å². The molecule has 5 nitrogen and oxygen atoms in total. The molecule has 0 aliphatic heterocycles. The van der Waals surface area contributed by atoms with Gasteiger partial charge < -0.3 is 11.5 Å². The molecule has 2 heterocycles. The number of benzene rings is 1. The van der Waals surface area contributed by atoms with Crippen LogP contribution in [0, 0.1) is 0 Å². The van der Waals surface area contributed by atoms with Crippen molar-refractivity contribution in [3.63, 3.8) is 0 Å². The van der Waals surface area contributed by atoms with E-state index >= 15 is 0 Å². The zero-order chi connectivity index (χ0) is 13.4. The van der Waals surface area contributed by atoms with Crippen LogP contribution < -0.4 is 11.5 Å². The van der Waals surface area contributed by atoms with Gasteiger partial charge in [-0.25, -0.2) is 4.68 Å². The number of aromatic nitrogens is 3. The van der Waals surface area contributed by atoms with Gasteiger partial charge >= 0.3 is 0 Å². The lowest BCUT2D eigenvalue weighted by atomic mass is 10.1. The molecule has 3 aromatic rings. The monoisotopic (exact) mass is 253 g/mol. The van der Waals surface area contributed by atoms with Gasteiger partial charge in [0.25, 0.3) is 0 Å². The molecule has 0 unspecified atom stereocenters. The van der Waals surface area contributed by atoms with Crippen molar-refractivity contribution in [2.75, 3.05) is 11.5 Å². The minimum atomic E-state index is 0.451. The number of pyridine rings is 1. The van der Waals surface area contributed by atoms with Gasteiger partial charge in [-0.2, -0.15) is 5.10 Å². The summed E-state index contributed by atoms with van der Waals surface area (Å²) in [5.41, 5.74) is 15.2. The molecule has 0 atom stereocenters. The summed E-state index contributed by atoms with van der Waals surface area (Å²) in [5.74, 6) is 0.451. The lowest BCUT2D eigenvalue weighted by molar-refractivity contribution is 0.897. The number of hydrogen-bond acceptors (Lipinski definition) is 4. The molecule has 3 rings (SSSR count). The number of nitrogens with zero attached hydrogens (tertiary/aromatic N) is 3. The molecule has 4 N–H and O–H groups in total. The topological polar surface area (TPSA) is 82.8 Å². The van der Waals surface area contributed by atoms with Gasteiger partial charge in [0.15, 0.2) is 5.82 Å². The molecule has 0 radical (unpaired) electrons. The molecule has 19 heavy (non-hydrogen) atoms. The van der Waals surface area contributed by atoms with Crippen LogP contribution in [0.1, 0.15) is 12.5 Å². The van der Waals surface area contributed by atoms with Crippen LogP contribution in [0.25, 0.3) is 16.6 Å². The summed E-state index contributed by atoms with van der Waals surface area (Å²) in [5, 5.41) is 5.23. The minimum Gasteiger partial charge on any atom is -0.394 e. The maximum Gasteiger partial charge on any atom is 0.150 e.